The van der Waals surface area contributed by atoms with Gasteiger partial charge in [-0.25, -0.2) is 27.2 Å². The van der Waals surface area contributed by atoms with E-state index in [9.17, 15) is 27.2 Å². The van der Waals surface area contributed by atoms with E-state index in [4.69, 9.17) is 4.74 Å². The van der Waals surface area contributed by atoms with Crippen LogP contribution in [-0.4, -0.2) is 32.3 Å². The molecule has 0 spiro atoms. The molecule has 0 fully saturated rings. The van der Waals surface area contributed by atoms with E-state index in [0.717, 1.165) is 20.1 Å². The second kappa shape index (κ2) is 7.05. The molecule has 0 aromatic heterocycles. The highest BCUT2D eigenvalue weighted by molar-refractivity contribution is 6.01. The minimum Gasteiger partial charge on any atom is -0.466 e. The molecule has 0 radical (unpaired) electrons. The molecule has 2 atom stereocenters. The molecule has 3 rings (SSSR count). The number of alkyl halides is 2. The topological polar surface area (TPSA) is 64.6 Å². The summed E-state index contributed by atoms with van der Waals surface area (Å²) in [7, 11) is 1.03. The molecule has 5 nitrogen and oxygen atoms in total. The SMILES string of the molecule is COC(=O)C1=C(CF)NC2=C(C(=O)OC2)[C@@H]1c1cc(F)cc(F)c1[C@H](C)F. The fourth-order valence-corrected chi connectivity index (χ4v) is 3.41. The van der Waals surface area contributed by atoms with E-state index >= 15 is 0 Å². The number of rotatable bonds is 4. The van der Waals surface area contributed by atoms with Crippen LogP contribution in [0.2, 0.25) is 0 Å². The second-order valence-electron chi connectivity index (χ2n) is 6.05. The highest BCUT2D eigenvalue weighted by Crippen LogP contribution is 2.44. The van der Waals surface area contributed by atoms with Crippen molar-refractivity contribution in [3.05, 3.63) is 57.4 Å². The minimum absolute atomic E-state index is 0.139. The number of halogens is 4. The molecular weight excluding hydrogens is 370 g/mol. The van der Waals surface area contributed by atoms with E-state index in [1.54, 1.807) is 0 Å². The molecule has 2 aliphatic rings. The Kier molecular flexibility index (Phi) is 4.95. The largest absolute Gasteiger partial charge is 0.466 e. The van der Waals surface area contributed by atoms with E-state index in [0.29, 0.717) is 6.07 Å². The van der Waals surface area contributed by atoms with Crippen LogP contribution in [0.25, 0.3) is 0 Å². The Morgan fingerprint density at radius 2 is 2.11 bits per heavy atom. The number of methoxy groups -OCH3 is 1. The van der Waals surface area contributed by atoms with Crippen molar-refractivity contribution < 1.29 is 36.6 Å². The third-order valence-electron chi connectivity index (χ3n) is 4.47. The van der Waals surface area contributed by atoms with Crippen molar-refractivity contribution in [1.29, 1.82) is 0 Å². The van der Waals surface area contributed by atoms with Gasteiger partial charge in [-0.05, 0) is 18.6 Å². The van der Waals surface area contributed by atoms with Crippen LogP contribution in [0.15, 0.2) is 34.7 Å². The maximum absolute atomic E-state index is 14.3. The van der Waals surface area contributed by atoms with E-state index in [-0.39, 0.29) is 34.7 Å². The van der Waals surface area contributed by atoms with Crippen molar-refractivity contribution in [3.63, 3.8) is 0 Å². The van der Waals surface area contributed by atoms with Crippen molar-refractivity contribution in [1.82, 2.24) is 5.32 Å². The number of allylic oxidation sites excluding steroid dienone is 1. The van der Waals surface area contributed by atoms with Crippen molar-refractivity contribution >= 4 is 11.9 Å². The van der Waals surface area contributed by atoms with Gasteiger partial charge in [0.05, 0.1) is 35.6 Å². The molecule has 2 aliphatic heterocycles. The van der Waals surface area contributed by atoms with Crippen LogP contribution in [0.5, 0.6) is 0 Å². The number of nitrogens with one attached hydrogen (secondary N) is 1. The second-order valence-corrected chi connectivity index (χ2v) is 6.05. The van der Waals surface area contributed by atoms with Gasteiger partial charge >= 0.3 is 11.9 Å². The molecule has 0 bridgehead atoms. The normalized spacial score (nSPS) is 20.2. The van der Waals surface area contributed by atoms with Crippen molar-refractivity contribution in [2.45, 2.75) is 19.0 Å². The van der Waals surface area contributed by atoms with Gasteiger partial charge in [0.15, 0.2) is 0 Å². The third kappa shape index (κ3) is 3.07. The van der Waals surface area contributed by atoms with Crippen LogP contribution in [0, 0.1) is 11.6 Å². The summed E-state index contributed by atoms with van der Waals surface area (Å²) in [5, 5.41) is 2.59. The summed E-state index contributed by atoms with van der Waals surface area (Å²) < 4.78 is 65.6. The number of carbonyl (C=O) groups is 2. The Labute approximate surface area is 151 Å². The van der Waals surface area contributed by atoms with Crippen molar-refractivity contribution in [2.24, 2.45) is 0 Å². The first kappa shape index (κ1) is 18.9. The zero-order valence-corrected chi connectivity index (χ0v) is 14.4. The fourth-order valence-electron chi connectivity index (χ4n) is 3.41. The Morgan fingerprint density at radius 3 is 2.70 bits per heavy atom. The molecule has 144 valence electrons. The summed E-state index contributed by atoms with van der Waals surface area (Å²) in [4.78, 5) is 24.5. The molecule has 0 aliphatic carbocycles. The van der Waals surface area contributed by atoms with Gasteiger partial charge in [0.25, 0.3) is 0 Å². The van der Waals surface area contributed by atoms with Gasteiger partial charge in [-0.1, -0.05) is 0 Å². The van der Waals surface area contributed by atoms with E-state index in [1.165, 1.54) is 0 Å². The van der Waals surface area contributed by atoms with Crippen molar-refractivity contribution in [3.8, 4) is 0 Å². The van der Waals surface area contributed by atoms with Crippen LogP contribution < -0.4 is 5.32 Å². The molecule has 1 aromatic rings. The lowest BCUT2D eigenvalue weighted by Crippen LogP contribution is -2.32. The van der Waals surface area contributed by atoms with E-state index < -0.39 is 47.9 Å². The number of dihydropyridines is 1. The predicted molar refractivity (Wildman–Crippen MR) is 84.8 cm³/mol. The zero-order chi connectivity index (χ0) is 19.9. The van der Waals surface area contributed by atoms with Gasteiger partial charge in [0, 0.05) is 11.6 Å². The Balaban J connectivity index is 2.35. The molecule has 1 N–H and O–H groups in total. The summed E-state index contributed by atoms with van der Waals surface area (Å²) in [5.74, 6) is -5.53. The number of carbonyl (C=O) groups excluding carboxylic acids is 2. The lowest BCUT2D eigenvalue weighted by molar-refractivity contribution is -0.136. The first-order chi connectivity index (χ1) is 12.8. The molecule has 1 aromatic carbocycles. The third-order valence-corrected chi connectivity index (χ3v) is 4.47. The van der Waals surface area contributed by atoms with Crippen LogP contribution in [0.1, 0.15) is 30.1 Å². The Bertz CT molecular complexity index is 892. The average Bonchev–Trinajstić information content (AvgIpc) is 2.99. The number of esters is 2. The molecular formula is C18H15F4NO4. The average molecular weight is 385 g/mol. The number of hydrogen-bond donors (Lipinski definition) is 1. The first-order valence-electron chi connectivity index (χ1n) is 7.97. The summed E-state index contributed by atoms with van der Waals surface area (Å²) in [6.45, 7) is -0.355. The fraction of sp³-hybridized carbons (Fsp3) is 0.333. The quantitative estimate of drug-likeness (QED) is 0.638. The minimum atomic E-state index is -1.88. The van der Waals surface area contributed by atoms with Gasteiger partial charge < -0.3 is 14.8 Å². The van der Waals surface area contributed by atoms with Crippen molar-refractivity contribution in [2.75, 3.05) is 20.4 Å². The standard InChI is InChI=1S/C18H15F4NO4/c1-7(20)13-9(3-8(21)4-10(13)22)14-15(17(24)26-2)11(5-19)23-12-6-27-18(25)16(12)14/h3-4,7,14,23H,5-6H2,1-2H3/t7-,14+/m0/s1. The molecule has 0 saturated carbocycles. The lowest BCUT2D eigenvalue weighted by Gasteiger charge is -2.29. The van der Waals surface area contributed by atoms with Gasteiger partial charge in [-0.2, -0.15) is 0 Å². The lowest BCUT2D eigenvalue weighted by atomic mass is 9.78. The molecule has 0 amide bonds. The van der Waals surface area contributed by atoms with Gasteiger partial charge in [-0.3, -0.25) is 0 Å². The summed E-state index contributed by atoms with van der Waals surface area (Å²) in [6, 6.07) is 1.31. The van der Waals surface area contributed by atoms with Crippen LogP contribution >= 0.6 is 0 Å². The van der Waals surface area contributed by atoms with Crippen LogP contribution in [0.3, 0.4) is 0 Å². The Morgan fingerprint density at radius 1 is 1.41 bits per heavy atom. The molecule has 9 heteroatoms. The molecule has 27 heavy (non-hydrogen) atoms. The van der Waals surface area contributed by atoms with Gasteiger partial charge in [0.1, 0.15) is 31.1 Å². The smallest absolute Gasteiger partial charge is 0.337 e. The van der Waals surface area contributed by atoms with Crippen LogP contribution in [0.4, 0.5) is 17.6 Å². The van der Waals surface area contributed by atoms with Gasteiger partial charge in [0.2, 0.25) is 0 Å². The highest BCUT2D eigenvalue weighted by atomic mass is 19.1. The maximum atomic E-state index is 14.3. The van der Waals surface area contributed by atoms with E-state index in [2.05, 4.69) is 10.1 Å². The monoisotopic (exact) mass is 385 g/mol. The number of ether oxygens (including phenoxy) is 2. The van der Waals surface area contributed by atoms with Crippen LogP contribution in [-0.2, 0) is 19.1 Å². The zero-order valence-electron chi connectivity index (χ0n) is 14.4. The van der Waals surface area contributed by atoms with Gasteiger partial charge in [-0.15, -0.1) is 0 Å². The summed E-state index contributed by atoms with van der Waals surface area (Å²) in [6.07, 6.45) is -1.88. The summed E-state index contributed by atoms with van der Waals surface area (Å²) >= 11 is 0. The highest BCUT2D eigenvalue weighted by Gasteiger charge is 2.44. The predicted octanol–water partition coefficient (Wildman–Crippen LogP) is 2.89. The maximum Gasteiger partial charge on any atom is 0.337 e. The first-order valence-corrected chi connectivity index (χ1v) is 7.97. The molecule has 2 heterocycles. The number of hydrogen-bond acceptors (Lipinski definition) is 5. The molecule has 0 unspecified atom stereocenters. The van der Waals surface area contributed by atoms with E-state index in [1.807, 2.05) is 0 Å². The number of benzene rings is 1. The Hall–Kier alpha value is -2.84. The molecule has 0 saturated heterocycles. The summed E-state index contributed by atoms with van der Waals surface area (Å²) in [5.41, 5.74) is -1.45. The number of cyclic esters (lactones) is 1.